The molecule has 0 fully saturated rings. The number of hydrogen-bond acceptors (Lipinski definition) is 3. The Morgan fingerprint density at radius 1 is 1.22 bits per heavy atom. The number of nitrogens with zero attached hydrogens (tertiary/aromatic N) is 3. The predicted molar refractivity (Wildman–Crippen MR) is 71.2 cm³/mol. The van der Waals surface area contributed by atoms with Crippen LogP contribution in [0.3, 0.4) is 0 Å². The van der Waals surface area contributed by atoms with Crippen LogP contribution >= 0.6 is 0 Å². The lowest BCUT2D eigenvalue weighted by atomic mass is 10.1. The minimum Gasteiger partial charge on any atom is -0.282 e. The summed E-state index contributed by atoms with van der Waals surface area (Å²) in [6.45, 7) is 4.10. The highest BCUT2D eigenvalue weighted by Crippen LogP contribution is 2.18. The van der Waals surface area contributed by atoms with Crippen molar-refractivity contribution in [3.63, 3.8) is 0 Å². The van der Waals surface area contributed by atoms with Gasteiger partial charge >= 0.3 is 0 Å². The van der Waals surface area contributed by atoms with Crippen LogP contribution in [-0.4, -0.2) is 20.2 Å². The zero-order valence-corrected chi connectivity index (χ0v) is 10.4. The lowest BCUT2D eigenvalue weighted by Gasteiger charge is -2.01. The van der Waals surface area contributed by atoms with Crippen LogP contribution in [-0.2, 0) is 6.42 Å². The topological polar surface area (TPSA) is 54.5 Å². The van der Waals surface area contributed by atoms with Gasteiger partial charge in [0.25, 0.3) is 0 Å². The van der Waals surface area contributed by atoms with Gasteiger partial charge in [-0.1, -0.05) is 19.1 Å². The molecular weight excluding hydrogens is 224 g/mol. The number of hydrogen-bond donors (Lipinski definition) is 1. The van der Waals surface area contributed by atoms with Gasteiger partial charge in [-0.2, -0.15) is 5.10 Å². The van der Waals surface area contributed by atoms with Crippen LogP contribution in [0.25, 0.3) is 22.4 Å². The Morgan fingerprint density at radius 2 is 2.11 bits per heavy atom. The van der Waals surface area contributed by atoms with Crippen LogP contribution in [0.15, 0.2) is 30.5 Å². The zero-order chi connectivity index (χ0) is 12.5. The number of fused-ring (bicyclic) bond motifs is 1. The molecule has 0 spiro atoms. The average Bonchev–Trinajstić information content (AvgIpc) is 2.84. The second-order valence-corrected chi connectivity index (χ2v) is 4.38. The molecule has 0 aliphatic heterocycles. The maximum absolute atomic E-state index is 4.57. The molecule has 2 aromatic heterocycles. The molecule has 0 bridgehead atoms. The van der Waals surface area contributed by atoms with E-state index in [0.29, 0.717) is 5.82 Å². The van der Waals surface area contributed by atoms with Gasteiger partial charge in [-0.3, -0.25) is 5.10 Å². The Hall–Kier alpha value is -2.23. The van der Waals surface area contributed by atoms with E-state index in [1.807, 2.05) is 19.2 Å². The Morgan fingerprint density at radius 3 is 2.83 bits per heavy atom. The van der Waals surface area contributed by atoms with E-state index in [0.717, 1.165) is 28.7 Å². The molecule has 18 heavy (non-hydrogen) atoms. The molecule has 0 atom stereocenters. The maximum Gasteiger partial charge on any atom is 0.180 e. The molecule has 1 aromatic carbocycles. The van der Waals surface area contributed by atoms with Crippen molar-refractivity contribution in [2.45, 2.75) is 20.3 Å². The number of H-pyrrole nitrogens is 1. The van der Waals surface area contributed by atoms with Gasteiger partial charge in [-0.25, -0.2) is 9.97 Å². The van der Waals surface area contributed by atoms with Crippen molar-refractivity contribution in [1.29, 1.82) is 0 Å². The zero-order valence-electron chi connectivity index (χ0n) is 10.4. The van der Waals surface area contributed by atoms with Crippen molar-refractivity contribution in [3.05, 3.63) is 41.7 Å². The molecule has 90 valence electrons. The summed E-state index contributed by atoms with van der Waals surface area (Å²) in [5.41, 5.74) is 4.05. The molecule has 4 heteroatoms. The fraction of sp³-hybridized carbons (Fsp3) is 0.214. The smallest absolute Gasteiger partial charge is 0.180 e. The van der Waals surface area contributed by atoms with E-state index in [1.165, 1.54) is 5.56 Å². The number of aromatic amines is 1. The highest BCUT2D eigenvalue weighted by Gasteiger charge is 2.06. The summed E-state index contributed by atoms with van der Waals surface area (Å²) in [5, 5.41) is 8.15. The fourth-order valence-corrected chi connectivity index (χ4v) is 1.94. The lowest BCUT2D eigenvalue weighted by molar-refractivity contribution is 1.04. The highest BCUT2D eigenvalue weighted by atomic mass is 15.1. The van der Waals surface area contributed by atoms with E-state index in [4.69, 9.17) is 0 Å². The summed E-state index contributed by atoms with van der Waals surface area (Å²) >= 11 is 0. The molecule has 0 saturated carbocycles. The Labute approximate surface area is 105 Å². The van der Waals surface area contributed by atoms with Gasteiger partial charge in [0.2, 0.25) is 0 Å². The second-order valence-electron chi connectivity index (χ2n) is 4.38. The summed E-state index contributed by atoms with van der Waals surface area (Å²) in [4.78, 5) is 8.93. The minimum absolute atomic E-state index is 0.667. The third kappa shape index (κ3) is 1.86. The van der Waals surface area contributed by atoms with Crippen LogP contribution in [0, 0.1) is 6.92 Å². The van der Waals surface area contributed by atoms with E-state index in [2.05, 4.69) is 45.3 Å². The molecule has 4 nitrogen and oxygen atoms in total. The molecule has 3 aromatic rings. The third-order valence-electron chi connectivity index (χ3n) is 2.99. The average molecular weight is 238 g/mol. The first-order chi connectivity index (χ1) is 8.76. The van der Waals surface area contributed by atoms with Crippen molar-refractivity contribution >= 4 is 10.9 Å². The van der Waals surface area contributed by atoms with E-state index in [1.54, 1.807) is 0 Å². The molecule has 2 heterocycles. The van der Waals surface area contributed by atoms with Gasteiger partial charge in [0.05, 0.1) is 5.52 Å². The largest absolute Gasteiger partial charge is 0.282 e. The number of nitrogens with one attached hydrogen (secondary N) is 1. The van der Waals surface area contributed by atoms with E-state index >= 15 is 0 Å². The molecule has 0 radical (unpaired) electrons. The van der Waals surface area contributed by atoms with Gasteiger partial charge in [0.15, 0.2) is 5.82 Å². The fourth-order valence-electron chi connectivity index (χ4n) is 1.94. The van der Waals surface area contributed by atoms with E-state index in [-0.39, 0.29) is 0 Å². The van der Waals surface area contributed by atoms with Crippen LogP contribution in [0.1, 0.15) is 18.2 Å². The summed E-state index contributed by atoms with van der Waals surface area (Å²) < 4.78 is 0. The summed E-state index contributed by atoms with van der Waals surface area (Å²) in [7, 11) is 0. The van der Waals surface area contributed by atoms with Crippen LogP contribution < -0.4 is 0 Å². The van der Waals surface area contributed by atoms with Gasteiger partial charge in [0, 0.05) is 17.3 Å². The van der Waals surface area contributed by atoms with Crippen LogP contribution in [0.4, 0.5) is 0 Å². The second kappa shape index (κ2) is 4.22. The number of aryl methyl sites for hydroxylation is 2. The standard InChI is InChI=1S/C14H14N4/c1-3-10-4-5-11-8-15-14(16-12(11)7-10)13-6-9(2)17-18-13/h4-8H,3H2,1-2H3,(H,17,18). The van der Waals surface area contributed by atoms with Crippen LogP contribution in [0.5, 0.6) is 0 Å². The van der Waals surface area contributed by atoms with Gasteiger partial charge in [0.1, 0.15) is 5.69 Å². The van der Waals surface area contributed by atoms with Gasteiger partial charge < -0.3 is 0 Å². The summed E-state index contributed by atoms with van der Waals surface area (Å²) in [6.07, 6.45) is 2.86. The molecule has 3 rings (SSSR count). The van der Waals surface area contributed by atoms with Gasteiger partial charge in [-0.15, -0.1) is 0 Å². The molecule has 0 saturated heterocycles. The quantitative estimate of drug-likeness (QED) is 0.746. The number of benzene rings is 1. The first-order valence-corrected chi connectivity index (χ1v) is 6.04. The van der Waals surface area contributed by atoms with Gasteiger partial charge in [-0.05, 0) is 31.0 Å². The first-order valence-electron chi connectivity index (χ1n) is 6.04. The highest BCUT2D eigenvalue weighted by molar-refractivity contribution is 5.79. The summed E-state index contributed by atoms with van der Waals surface area (Å²) in [5.74, 6) is 0.667. The SMILES string of the molecule is CCc1ccc2cnc(-c3cc(C)[nH]n3)nc2c1. The Bertz CT molecular complexity index is 700. The molecule has 1 N–H and O–H groups in total. The number of aromatic nitrogens is 4. The van der Waals surface area contributed by atoms with Crippen molar-refractivity contribution < 1.29 is 0 Å². The predicted octanol–water partition coefficient (Wildman–Crippen LogP) is 2.89. The lowest BCUT2D eigenvalue weighted by Crippen LogP contribution is -1.91. The summed E-state index contributed by atoms with van der Waals surface area (Å²) in [6, 6.07) is 8.24. The van der Waals surface area contributed by atoms with Crippen LogP contribution in [0.2, 0.25) is 0 Å². The Kier molecular flexibility index (Phi) is 2.55. The van der Waals surface area contributed by atoms with E-state index in [9.17, 15) is 0 Å². The van der Waals surface area contributed by atoms with Crippen molar-refractivity contribution in [1.82, 2.24) is 20.2 Å². The molecule has 0 unspecified atom stereocenters. The molecular formula is C14H14N4. The minimum atomic E-state index is 0.667. The van der Waals surface area contributed by atoms with Crippen molar-refractivity contribution in [2.24, 2.45) is 0 Å². The molecule has 0 amide bonds. The maximum atomic E-state index is 4.57. The Balaban J connectivity index is 2.14. The molecule has 0 aliphatic rings. The normalized spacial score (nSPS) is 11.0. The van der Waals surface area contributed by atoms with Crippen molar-refractivity contribution in [2.75, 3.05) is 0 Å². The number of rotatable bonds is 2. The first kappa shape index (κ1) is 10.9. The van der Waals surface area contributed by atoms with Crippen molar-refractivity contribution in [3.8, 4) is 11.5 Å². The molecule has 0 aliphatic carbocycles. The van der Waals surface area contributed by atoms with E-state index < -0.39 is 0 Å². The third-order valence-corrected chi connectivity index (χ3v) is 2.99. The monoisotopic (exact) mass is 238 g/mol.